The van der Waals surface area contributed by atoms with E-state index in [1.807, 2.05) is 32.0 Å². The summed E-state index contributed by atoms with van der Waals surface area (Å²) in [4.78, 5) is 2.20. The van der Waals surface area contributed by atoms with Crippen molar-refractivity contribution in [3.05, 3.63) is 23.8 Å². The molecule has 1 aliphatic heterocycles. The topological polar surface area (TPSA) is 41.9 Å². The van der Waals surface area contributed by atoms with E-state index in [1.165, 1.54) is 0 Å². The zero-order chi connectivity index (χ0) is 15.6. The summed E-state index contributed by atoms with van der Waals surface area (Å²) < 4.78 is 11.4. The molecule has 0 radical (unpaired) electrons. The van der Waals surface area contributed by atoms with Gasteiger partial charge in [0.05, 0.1) is 13.2 Å². The summed E-state index contributed by atoms with van der Waals surface area (Å²) in [5.41, 5.74) is 0.366. The average molecular weight is 293 g/mol. The molecule has 0 fully saturated rings. The number of nitrogens with zero attached hydrogens (tertiary/aromatic N) is 1. The predicted molar refractivity (Wildman–Crippen MR) is 84.0 cm³/mol. The summed E-state index contributed by atoms with van der Waals surface area (Å²) in [6.45, 7) is 7.20. The zero-order valence-corrected chi connectivity index (χ0v) is 13.7. The number of ether oxygens (including phenoxy) is 2. The Morgan fingerprint density at radius 2 is 2.10 bits per heavy atom. The minimum absolute atomic E-state index is 0.0799. The molecular weight excluding hydrogens is 266 g/mol. The first-order valence-corrected chi connectivity index (χ1v) is 7.66. The molecule has 1 aliphatic rings. The second-order valence-corrected chi connectivity index (χ2v) is 6.33. The first-order chi connectivity index (χ1) is 9.90. The van der Waals surface area contributed by atoms with Gasteiger partial charge in [-0.3, -0.25) is 4.90 Å². The molecule has 2 unspecified atom stereocenters. The Hall–Kier alpha value is -1.26. The van der Waals surface area contributed by atoms with E-state index in [2.05, 4.69) is 18.9 Å². The van der Waals surface area contributed by atoms with Crippen molar-refractivity contribution >= 4 is 0 Å². The maximum absolute atomic E-state index is 10.9. The molecule has 2 atom stereocenters. The third-order valence-electron chi connectivity index (χ3n) is 4.26. The number of aliphatic hydroxyl groups excluding tert-OH is 1. The fourth-order valence-electron chi connectivity index (χ4n) is 3.19. The zero-order valence-electron chi connectivity index (χ0n) is 13.7. The Kier molecular flexibility index (Phi) is 4.79. The summed E-state index contributed by atoms with van der Waals surface area (Å²) in [7, 11) is 3.69. The van der Waals surface area contributed by atoms with E-state index in [-0.39, 0.29) is 6.04 Å². The molecule has 1 heterocycles. The van der Waals surface area contributed by atoms with Gasteiger partial charge in [-0.15, -0.1) is 0 Å². The molecule has 0 saturated carbocycles. The highest BCUT2D eigenvalue weighted by molar-refractivity contribution is 5.44. The van der Waals surface area contributed by atoms with Gasteiger partial charge in [-0.1, -0.05) is 13.3 Å². The van der Waals surface area contributed by atoms with Gasteiger partial charge >= 0.3 is 0 Å². The second-order valence-electron chi connectivity index (χ2n) is 6.33. The van der Waals surface area contributed by atoms with Crippen LogP contribution in [0.3, 0.4) is 0 Å². The Morgan fingerprint density at radius 3 is 2.71 bits per heavy atom. The summed E-state index contributed by atoms with van der Waals surface area (Å²) in [6, 6.07) is 5.53. The molecular formula is C17H27NO3. The molecule has 1 aromatic rings. The van der Waals surface area contributed by atoms with Crippen LogP contribution in [0, 0.1) is 0 Å². The first-order valence-electron chi connectivity index (χ1n) is 7.66. The molecule has 0 amide bonds. The average Bonchev–Trinajstić information content (AvgIpc) is 2.44. The van der Waals surface area contributed by atoms with Gasteiger partial charge in [-0.2, -0.15) is 0 Å². The van der Waals surface area contributed by atoms with Gasteiger partial charge in [0.15, 0.2) is 0 Å². The lowest BCUT2D eigenvalue weighted by atomic mass is 9.85. The van der Waals surface area contributed by atoms with Crippen molar-refractivity contribution in [1.29, 1.82) is 0 Å². The number of fused-ring (bicyclic) bond motifs is 1. The molecule has 21 heavy (non-hydrogen) atoms. The summed E-state index contributed by atoms with van der Waals surface area (Å²) in [5, 5.41) is 10.9. The number of aliphatic hydroxyl groups is 1. The lowest BCUT2D eigenvalue weighted by Crippen LogP contribution is -2.57. The lowest BCUT2D eigenvalue weighted by molar-refractivity contribution is -0.0750. The van der Waals surface area contributed by atoms with E-state index in [0.29, 0.717) is 0 Å². The number of rotatable bonds is 5. The number of hydrogen-bond acceptors (Lipinski definition) is 4. The molecule has 0 saturated heterocycles. The van der Waals surface area contributed by atoms with Gasteiger partial charge in [0.25, 0.3) is 0 Å². The predicted octanol–water partition coefficient (Wildman–Crippen LogP) is 3.00. The fourth-order valence-corrected chi connectivity index (χ4v) is 3.19. The molecule has 118 valence electrons. The number of methoxy groups -OCH3 is 1. The van der Waals surface area contributed by atoms with E-state index in [4.69, 9.17) is 9.47 Å². The van der Waals surface area contributed by atoms with Gasteiger partial charge in [0, 0.05) is 5.56 Å². The minimum Gasteiger partial charge on any atom is -0.497 e. The highest BCUT2D eigenvalue weighted by Gasteiger charge is 2.45. The van der Waals surface area contributed by atoms with E-state index in [0.717, 1.165) is 36.4 Å². The van der Waals surface area contributed by atoms with Gasteiger partial charge in [-0.05, 0) is 52.1 Å². The lowest BCUT2D eigenvalue weighted by Gasteiger charge is -2.47. The summed E-state index contributed by atoms with van der Waals surface area (Å²) in [6.07, 6.45) is 1.67. The number of likely N-dealkylation sites (N-methyl/N-ethyl adjacent to an activating group) is 1. The maximum Gasteiger partial charge on any atom is 0.126 e. The van der Waals surface area contributed by atoms with Crippen molar-refractivity contribution in [2.45, 2.75) is 51.4 Å². The van der Waals surface area contributed by atoms with E-state index in [1.54, 1.807) is 7.11 Å². The fraction of sp³-hybridized carbons (Fsp3) is 0.647. The van der Waals surface area contributed by atoms with Gasteiger partial charge < -0.3 is 14.6 Å². The highest BCUT2D eigenvalue weighted by atomic mass is 16.5. The van der Waals surface area contributed by atoms with Crippen LogP contribution in [0.15, 0.2) is 18.2 Å². The molecule has 2 rings (SSSR count). The van der Waals surface area contributed by atoms with Crippen LogP contribution in [-0.2, 0) is 0 Å². The minimum atomic E-state index is -0.583. The third kappa shape index (κ3) is 3.16. The molecule has 1 N–H and O–H groups in total. The monoisotopic (exact) mass is 293 g/mol. The van der Waals surface area contributed by atoms with Crippen molar-refractivity contribution in [1.82, 2.24) is 4.90 Å². The van der Waals surface area contributed by atoms with E-state index >= 15 is 0 Å². The van der Waals surface area contributed by atoms with Gasteiger partial charge in [-0.25, -0.2) is 0 Å². The van der Waals surface area contributed by atoms with Gasteiger partial charge in [0.2, 0.25) is 0 Å². The Bertz CT molecular complexity index is 487. The number of hydrogen-bond donors (Lipinski definition) is 1. The molecule has 4 heteroatoms. The Labute approximate surface area is 127 Å². The highest BCUT2D eigenvalue weighted by Crippen LogP contribution is 2.43. The van der Waals surface area contributed by atoms with E-state index < -0.39 is 11.7 Å². The molecule has 4 nitrogen and oxygen atoms in total. The SMILES string of the molecule is CCCCN(C)C1C(O)c2cc(OC)ccc2OC1(C)C. The Morgan fingerprint density at radius 1 is 1.38 bits per heavy atom. The summed E-state index contributed by atoms with van der Waals surface area (Å²) in [5.74, 6) is 1.49. The maximum atomic E-state index is 10.9. The first kappa shape index (κ1) is 16.1. The smallest absolute Gasteiger partial charge is 0.126 e. The largest absolute Gasteiger partial charge is 0.497 e. The quantitative estimate of drug-likeness (QED) is 0.906. The van der Waals surface area contributed by atoms with Gasteiger partial charge in [0.1, 0.15) is 23.2 Å². The van der Waals surface area contributed by atoms with Crippen molar-refractivity contribution in [2.75, 3.05) is 20.7 Å². The van der Waals surface area contributed by atoms with Crippen molar-refractivity contribution < 1.29 is 14.6 Å². The van der Waals surface area contributed by atoms with Crippen LogP contribution in [0.4, 0.5) is 0 Å². The van der Waals surface area contributed by atoms with Crippen LogP contribution in [0.1, 0.15) is 45.3 Å². The number of unbranched alkanes of at least 4 members (excludes halogenated alkanes) is 1. The van der Waals surface area contributed by atoms with Crippen LogP contribution in [-0.4, -0.2) is 42.4 Å². The standard InChI is InChI=1S/C17H27NO3/c1-6-7-10-18(4)16-15(19)13-11-12(20-5)8-9-14(13)21-17(16,2)3/h8-9,11,15-16,19H,6-7,10H2,1-5H3. The van der Waals surface area contributed by atoms with Crippen LogP contribution < -0.4 is 9.47 Å². The van der Waals surface area contributed by atoms with Crippen LogP contribution in [0.2, 0.25) is 0 Å². The number of benzene rings is 1. The third-order valence-corrected chi connectivity index (χ3v) is 4.26. The molecule has 0 aliphatic carbocycles. The normalized spacial score (nSPS) is 23.6. The Balaban J connectivity index is 2.33. The van der Waals surface area contributed by atoms with Crippen molar-refractivity contribution in [2.24, 2.45) is 0 Å². The van der Waals surface area contributed by atoms with Crippen LogP contribution in [0.5, 0.6) is 11.5 Å². The second kappa shape index (κ2) is 6.24. The molecule has 0 spiro atoms. The molecule has 0 aromatic heterocycles. The van der Waals surface area contributed by atoms with Crippen molar-refractivity contribution in [3.63, 3.8) is 0 Å². The molecule has 1 aromatic carbocycles. The van der Waals surface area contributed by atoms with Crippen molar-refractivity contribution in [3.8, 4) is 11.5 Å². The molecule has 0 bridgehead atoms. The summed E-state index contributed by atoms with van der Waals surface area (Å²) >= 11 is 0. The van der Waals surface area contributed by atoms with E-state index in [9.17, 15) is 5.11 Å². The van der Waals surface area contributed by atoms with Crippen LogP contribution >= 0.6 is 0 Å². The van der Waals surface area contributed by atoms with Crippen LogP contribution in [0.25, 0.3) is 0 Å².